The Morgan fingerprint density at radius 1 is 0.853 bits per heavy atom. The number of ketones is 2. The Kier molecular flexibility index (Phi) is 15.7. The van der Waals surface area contributed by atoms with Crippen molar-refractivity contribution in [1.29, 1.82) is 0 Å². The molecule has 102 heavy (non-hydrogen) atoms. The number of aliphatic hydroxyl groups is 2. The summed E-state index contributed by atoms with van der Waals surface area (Å²) < 4.78 is 21.7. The van der Waals surface area contributed by atoms with Crippen LogP contribution >= 0.6 is 0 Å². The van der Waals surface area contributed by atoms with E-state index in [4.69, 9.17) is 14.2 Å². The first-order chi connectivity index (χ1) is 49.5. The van der Waals surface area contributed by atoms with Crippen LogP contribution in [0.5, 0.6) is 34.5 Å². The van der Waals surface area contributed by atoms with Gasteiger partial charge in [0.05, 0.1) is 30.9 Å². The van der Waals surface area contributed by atoms with Gasteiger partial charge in [0.1, 0.15) is 40.7 Å². The Morgan fingerprint density at radius 2 is 1.74 bits per heavy atom. The van der Waals surface area contributed by atoms with Crippen molar-refractivity contribution in [3.63, 3.8) is 0 Å². The molecule has 9 aliphatic carbocycles. The van der Waals surface area contributed by atoms with Crippen LogP contribution < -0.4 is 19.7 Å². The second-order valence-corrected chi connectivity index (χ2v) is 32.7. The molecule has 7 N–H and O–H groups in total. The minimum atomic E-state index is -0.888. The lowest BCUT2D eigenvalue weighted by Crippen LogP contribution is -2.46. The highest BCUT2D eigenvalue weighted by Crippen LogP contribution is 2.79. The van der Waals surface area contributed by atoms with E-state index < -0.39 is 46.9 Å². The summed E-state index contributed by atoms with van der Waals surface area (Å²) in [6, 6.07) is 19.8. The monoisotopic (exact) mass is 1370 g/mol. The summed E-state index contributed by atoms with van der Waals surface area (Å²) in [5.41, 5.74) is 7.78. The van der Waals surface area contributed by atoms with Gasteiger partial charge in [-0.1, -0.05) is 97.1 Å². The van der Waals surface area contributed by atoms with Gasteiger partial charge in [-0.15, -0.1) is 0 Å². The molecule has 17 unspecified atom stereocenters. The van der Waals surface area contributed by atoms with Crippen LogP contribution in [0.15, 0.2) is 157 Å². The number of carbonyl (C=O) groups excluding carboxylic acids is 3. The number of nitrogens with one attached hydrogen (secondary N) is 2. The summed E-state index contributed by atoms with van der Waals surface area (Å²) in [6.45, 7) is 3.81. The van der Waals surface area contributed by atoms with Gasteiger partial charge in [0.2, 0.25) is 5.75 Å². The van der Waals surface area contributed by atoms with Crippen molar-refractivity contribution in [3.05, 3.63) is 196 Å². The maximum absolute atomic E-state index is 16.3. The topological polar surface area (TPSA) is 216 Å². The number of anilines is 1. The van der Waals surface area contributed by atoms with E-state index >= 15 is 4.79 Å². The third-order valence-electron chi connectivity index (χ3n) is 27.7. The Labute approximate surface area is 596 Å². The molecule has 15 nitrogen and oxygen atoms in total. The number of aromatic amines is 1. The maximum atomic E-state index is 16.3. The number of aromatic hydroxyl groups is 3. The molecule has 15 heteroatoms. The predicted molar refractivity (Wildman–Crippen MR) is 389 cm³/mol. The normalized spacial score (nSPS) is 34.2. The van der Waals surface area contributed by atoms with Crippen molar-refractivity contribution < 1.29 is 54.1 Å². The minimum Gasteiger partial charge on any atom is -0.508 e. The van der Waals surface area contributed by atoms with E-state index in [0.29, 0.717) is 55.4 Å². The van der Waals surface area contributed by atoms with E-state index in [1.807, 2.05) is 24.3 Å². The van der Waals surface area contributed by atoms with Crippen molar-refractivity contribution in [3.8, 4) is 46.3 Å². The Bertz CT molecular complexity index is 4740. The largest absolute Gasteiger partial charge is 0.508 e. The summed E-state index contributed by atoms with van der Waals surface area (Å²) in [4.78, 5) is 49.4. The number of fused-ring (bicyclic) bond motifs is 1. The summed E-state index contributed by atoms with van der Waals surface area (Å²) in [7, 11) is 1.53. The highest BCUT2D eigenvalue weighted by molar-refractivity contribution is 6.01. The number of esters is 1. The molecule has 17 bridgehead atoms. The molecule has 0 amide bonds. The zero-order chi connectivity index (χ0) is 69.7. The van der Waals surface area contributed by atoms with Crippen molar-refractivity contribution in [2.45, 2.75) is 165 Å². The fraction of sp³-hybridized carbons (Fsp3) is 0.460. The van der Waals surface area contributed by atoms with E-state index in [1.165, 1.54) is 19.6 Å². The third kappa shape index (κ3) is 10.1. The van der Waals surface area contributed by atoms with Crippen LogP contribution in [0.3, 0.4) is 0 Å². The average Bonchev–Trinajstić information content (AvgIpc) is 1.50. The number of allylic oxidation sites excluding steroid dienone is 10. The van der Waals surface area contributed by atoms with Gasteiger partial charge in [-0.25, -0.2) is 0 Å². The SMILES string of the molecule is COc1cc2cc(O)c1Oc1cc(O)cc(c1)CC1C(CO)CC34CC1CCCC3CC13CCC5(C1)C(O)c1ccc6c7cn(c(c17)C5C=CC34)C2CC(=O)CC(OC(C)=O)CCC12C3=CC=CC1CC=CC2c1c[nH]cc1C(C#CC3)C(c1cccc(O)c1)C1=CCNC(=C1)N6CCC(C)=O. The number of phenolic OH excluding ortho intramolecular Hbond substituents is 3. The number of benzene rings is 4. The highest BCUT2D eigenvalue weighted by Gasteiger charge is 2.70. The van der Waals surface area contributed by atoms with Crippen molar-refractivity contribution in [2.75, 3.05) is 31.7 Å². The van der Waals surface area contributed by atoms with Crippen LogP contribution in [0.4, 0.5) is 5.69 Å². The molecule has 0 saturated heterocycles. The van der Waals surface area contributed by atoms with E-state index in [1.54, 1.807) is 31.2 Å². The van der Waals surface area contributed by atoms with Gasteiger partial charge in [0, 0.05) is 122 Å². The summed E-state index contributed by atoms with van der Waals surface area (Å²) in [5.74, 6) is 8.07. The molecule has 21 rings (SSSR count). The molecule has 6 aliphatic heterocycles. The molecule has 526 valence electrons. The molecule has 0 radical (unpaired) electrons. The molecule has 6 aromatic rings. The minimum absolute atomic E-state index is 0.00684. The number of Topliss-reactive ketones (excluding diaryl/α,β-unsaturated/α-hetero) is 2. The number of rotatable bonds is 7. The molecule has 4 spiro atoms. The van der Waals surface area contributed by atoms with Crippen LogP contribution in [0.25, 0.3) is 10.8 Å². The van der Waals surface area contributed by atoms with Crippen LogP contribution in [0.2, 0.25) is 0 Å². The van der Waals surface area contributed by atoms with Gasteiger partial charge >= 0.3 is 5.97 Å². The van der Waals surface area contributed by atoms with Crippen LogP contribution in [-0.4, -0.2) is 85.5 Å². The number of carbonyl (C=O) groups is 3. The number of phenols is 3. The standard InChI is InChI=1S/C87H92N4O11/c1-49(93)25-30-90-73-21-19-66-80-70(73)46-91-74(40-62(97)38-63(101-50(2)94)23-26-87-57-11-6-12-58(87)14-8-18-71(87)69-45-88-44-68(69)65(17-7-13-57)79(52-9-5-16-60(95)34-52)53-24-29-89-78(90)37-53)55-35-75(98)82(76(36-55)100-3)102-64-32-51(31-61(96)39-64)33-67-54-10-4-15-59-43-84-27-28-85(48-84,83(66)99)72(81(80)91)20-22-77(84)86(59,41-54)42-56(67)47-92/h5-6,8-9,11-12,16,18-22,24,31-32,34-37,39,44-46,54,56,58-59,63,65,67,71-72,74,77,79,83,88-89,92,95-96,98-99H,4,10,13-15,23,25-30,33,38,40-43,47-48H2,1-3H3. The fourth-order valence-electron chi connectivity index (χ4n) is 23.9. The molecule has 4 fully saturated rings. The number of nitrogens with zero attached hydrogens (tertiary/aromatic N) is 2. The quantitative estimate of drug-likeness (QED) is 0.0450. The highest BCUT2D eigenvalue weighted by atomic mass is 16.5. The number of hydrogen-bond acceptors (Lipinski definition) is 13. The number of ether oxygens (including phenoxy) is 3. The molecule has 4 aromatic carbocycles. The van der Waals surface area contributed by atoms with Crippen LogP contribution in [-0.2, 0) is 25.5 Å². The number of H-pyrrole nitrogens is 1. The van der Waals surface area contributed by atoms with Gasteiger partial charge in [-0.3, -0.25) is 14.4 Å². The van der Waals surface area contributed by atoms with Crippen LogP contribution in [0.1, 0.15) is 191 Å². The third-order valence-corrected chi connectivity index (χ3v) is 27.7. The van der Waals surface area contributed by atoms with Crippen molar-refractivity contribution >= 4 is 34.0 Å². The Hall–Kier alpha value is -8.97. The molecule has 15 aliphatic rings. The van der Waals surface area contributed by atoms with E-state index in [-0.39, 0.29) is 119 Å². The predicted octanol–water partition coefficient (Wildman–Crippen LogP) is 15.7. The van der Waals surface area contributed by atoms with E-state index in [9.17, 15) is 35.1 Å². The summed E-state index contributed by atoms with van der Waals surface area (Å²) in [5, 5.41) is 67.2. The van der Waals surface area contributed by atoms with E-state index in [2.05, 4.69) is 123 Å². The van der Waals surface area contributed by atoms with E-state index in [0.717, 1.165) is 126 Å². The lowest BCUT2D eigenvalue weighted by atomic mass is 9.53. The Balaban J connectivity index is 0.899. The first-order valence-electron chi connectivity index (χ1n) is 37.6. The molecule has 8 heterocycles. The Morgan fingerprint density at radius 3 is 2.58 bits per heavy atom. The second kappa shape index (κ2) is 24.6. The summed E-state index contributed by atoms with van der Waals surface area (Å²) in [6.07, 6.45) is 37.2. The number of dihydropyridines is 1. The van der Waals surface area contributed by atoms with Crippen LogP contribution in [0, 0.1) is 69.0 Å². The maximum Gasteiger partial charge on any atom is 0.302 e. The number of aromatic nitrogens is 2. The first-order valence-corrected chi connectivity index (χ1v) is 37.6. The van der Waals surface area contributed by atoms with Gasteiger partial charge in [0.15, 0.2) is 11.5 Å². The van der Waals surface area contributed by atoms with Gasteiger partial charge in [-0.05, 0) is 211 Å². The zero-order valence-electron chi connectivity index (χ0n) is 58.5. The van der Waals surface area contributed by atoms with Gasteiger partial charge in [-0.2, -0.15) is 0 Å². The smallest absolute Gasteiger partial charge is 0.302 e. The van der Waals surface area contributed by atoms with Crippen molar-refractivity contribution in [1.82, 2.24) is 14.9 Å². The molecule has 17 atom stereocenters. The molecular formula is C87H92N4O11. The second-order valence-electron chi connectivity index (χ2n) is 32.7. The first kappa shape index (κ1) is 65.1. The fourth-order valence-corrected chi connectivity index (χ4v) is 23.9. The number of methoxy groups -OCH3 is 1. The lowest BCUT2D eigenvalue weighted by molar-refractivity contribution is -0.148. The number of hydrogen-bond donors (Lipinski definition) is 7. The molecule has 4 saturated carbocycles. The van der Waals surface area contributed by atoms with Gasteiger partial charge in [0.25, 0.3) is 0 Å². The summed E-state index contributed by atoms with van der Waals surface area (Å²) >= 11 is 0. The van der Waals surface area contributed by atoms with Gasteiger partial charge < -0.3 is 59.5 Å². The van der Waals surface area contributed by atoms with Crippen molar-refractivity contribution in [2.24, 2.45) is 57.2 Å². The lowest BCUT2D eigenvalue weighted by Gasteiger charge is -2.52. The number of aliphatic hydroxyl groups excluding tert-OH is 2. The molecular weight excluding hydrogens is 1280 g/mol. The average molecular weight is 1370 g/mol. The zero-order valence-corrected chi connectivity index (χ0v) is 58.5. The molecule has 2 aromatic heterocycles.